The molecule has 1 heterocycles. The molecule has 2 rings (SSSR count). The molecule has 0 radical (unpaired) electrons. The van der Waals surface area contributed by atoms with Gasteiger partial charge in [-0.3, -0.25) is 0 Å². The zero-order valence-corrected chi connectivity index (χ0v) is 9.99. The van der Waals surface area contributed by atoms with Crippen LogP contribution in [0, 0.1) is 11.3 Å². The van der Waals surface area contributed by atoms with E-state index in [1.807, 2.05) is 13.1 Å². The van der Waals surface area contributed by atoms with E-state index in [1.54, 1.807) is 10.6 Å². The molecule has 1 fully saturated rings. The molecule has 0 aromatic carbocycles. The van der Waals surface area contributed by atoms with Crippen LogP contribution in [-0.4, -0.2) is 17.6 Å². The van der Waals surface area contributed by atoms with Gasteiger partial charge in [0.05, 0.1) is 13.2 Å². The van der Waals surface area contributed by atoms with Gasteiger partial charge in [-0.05, 0) is 37.0 Å². The summed E-state index contributed by atoms with van der Waals surface area (Å²) in [5, 5.41) is 9.19. The molecule has 1 aliphatic rings. The SMILES string of the molecule is C=C(C)c1cc(C(=O)OC)n(C2(C#N)CC2)c1. The lowest BCUT2D eigenvalue weighted by molar-refractivity contribution is 0.0586. The van der Waals surface area contributed by atoms with Crippen molar-refractivity contribution >= 4 is 11.5 Å². The monoisotopic (exact) mass is 230 g/mol. The number of carbonyl (C=O) groups excluding carboxylic acids is 1. The summed E-state index contributed by atoms with van der Waals surface area (Å²) in [4.78, 5) is 11.7. The molecule has 0 bridgehead atoms. The molecule has 0 aliphatic heterocycles. The number of esters is 1. The number of nitriles is 1. The molecular weight excluding hydrogens is 216 g/mol. The number of nitrogens with zero attached hydrogens (tertiary/aromatic N) is 2. The van der Waals surface area contributed by atoms with E-state index in [4.69, 9.17) is 4.74 Å². The van der Waals surface area contributed by atoms with Gasteiger partial charge in [0.2, 0.25) is 0 Å². The Kier molecular flexibility index (Phi) is 2.55. The molecule has 1 saturated carbocycles. The van der Waals surface area contributed by atoms with E-state index >= 15 is 0 Å². The zero-order valence-electron chi connectivity index (χ0n) is 9.99. The van der Waals surface area contributed by atoms with E-state index in [-0.39, 0.29) is 0 Å². The van der Waals surface area contributed by atoms with Crippen molar-refractivity contribution in [3.05, 3.63) is 30.1 Å². The molecule has 17 heavy (non-hydrogen) atoms. The van der Waals surface area contributed by atoms with Gasteiger partial charge in [0.15, 0.2) is 0 Å². The Bertz CT molecular complexity index is 530. The van der Waals surface area contributed by atoms with Crippen molar-refractivity contribution in [3.63, 3.8) is 0 Å². The summed E-state index contributed by atoms with van der Waals surface area (Å²) >= 11 is 0. The largest absolute Gasteiger partial charge is 0.464 e. The lowest BCUT2D eigenvalue weighted by Crippen LogP contribution is -2.19. The number of methoxy groups -OCH3 is 1. The number of ether oxygens (including phenoxy) is 1. The first-order valence-corrected chi connectivity index (χ1v) is 5.42. The van der Waals surface area contributed by atoms with Crippen LogP contribution in [0.2, 0.25) is 0 Å². The fourth-order valence-electron chi connectivity index (χ4n) is 1.84. The average Bonchev–Trinajstić information content (AvgIpc) is 2.99. The molecule has 88 valence electrons. The summed E-state index contributed by atoms with van der Waals surface area (Å²) in [6, 6.07) is 3.99. The normalized spacial score (nSPS) is 16.1. The van der Waals surface area contributed by atoms with Crippen LogP contribution >= 0.6 is 0 Å². The van der Waals surface area contributed by atoms with E-state index in [0.29, 0.717) is 5.69 Å². The van der Waals surface area contributed by atoms with Crippen LogP contribution in [0.25, 0.3) is 5.57 Å². The van der Waals surface area contributed by atoms with Crippen LogP contribution in [0.4, 0.5) is 0 Å². The summed E-state index contributed by atoms with van der Waals surface area (Å²) in [5.41, 5.74) is 1.59. The highest BCUT2D eigenvalue weighted by Crippen LogP contribution is 2.44. The van der Waals surface area contributed by atoms with Crippen LogP contribution < -0.4 is 0 Å². The van der Waals surface area contributed by atoms with Crippen LogP contribution in [0.5, 0.6) is 0 Å². The van der Waals surface area contributed by atoms with Crippen molar-refractivity contribution in [3.8, 4) is 6.07 Å². The second-order valence-corrected chi connectivity index (χ2v) is 4.40. The first-order valence-electron chi connectivity index (χ1n) is 5.42. The topological polar surface area (TPSA) is 55.0 Å². The third kappa shape index (κ3) is 1.74. The first-order chi connectivity index (χ1) is 8.04. The van der Waals surface area contributed by atoms with Crippen LogP contribution in [-0.2, 0) is 10.3 Å². The Morgan fingerprint density at radius 3 is 2.71 bits per heavy atom. The third-order valence-corrected chi connectivity index (χ3v) is 3.10. The Morgan fingerprint density at radius 2 is 2.29 bits per heavy atom. The van der Waals surface area contributed by atoms with Crippen LogP contribution in [0.3, 0.4) is 0 Å². The highest BCUT2D eigenvalue weighted by molar-refractivity contribution is 5.89. The Morgan fingerprint density at radius 1 is 1.65 bits per heavy atom. The number of allylic oxidation sites excluding steroid dienone is 1. The van der Waals surface area contributed by atoms with Gasteiger partial charge >= 0.3 is 5.97 Å². The Labute approximate surface area is 100 Å². The minimum atomic E-state index is -0.558. The molecule has 0 amide bonds. The van der Waals surface area contributed by atoms with Gasteiger partial charge in [0, 0.05) is 6.20 Å². The highest BCUT2D eigenvalue weighted by atomic mass is 16.5. The van der Waals surface area contributed by atoms with Crippen molar-refractivity contribution in [2.45, 2.75) is 25.3 Å². The van der Waals surface area contributed by atoms with Gasteiger partial charge in [0.1, 0.15) is 11.2 Å². The quantitative estimate of drug-likeness (QED) is 0.749. The van der Waals surface area contributed by atoms with Gasteiger partial charge in [-0.2, -0.15) is 5.26 Å². The summed E-state index contributed by atoms with van der Waals surface area (Å²) in [5.74, 6) is -0.418. The number of hydrogen-bond acceptors (Lipinski definition) is 3. The van der Waals surface area contributed by atoms with Gasteiger partial charge < -0.3 is 9.30 Å². The van der Waals surface area contributed by atoms with Gasteiger partial charge in [-0.15, -0.1) is 0 Å². The predicted octanol–water partition coefficient (Wildman–Crippen LogP) is 2.32. The lowest BCUT2D eigenvalue weighted by atomic mass is 10.2. The smallest absolute Gasteiger partial charge is 0.354 e. The van der Waals surface area contributed by atoms with E-state index in [0.717, 1.165) is 24.0 Å². The summed E-state index contributed by atoms with van der Waals surface area (Å²) < 4.78 is 6.46. The number of rotatable bonds is 3. The van der Waals surface area contributed by atoms with Crippen molar-refractivity contribution in [2.75, 3.05) is 7.11 Å². The maximum absolute atomic E-state index is 11.7. The van der Waals surface area contributed by atoms with Crippen LogP contribution in [0.15, 0.2) is 18.8 Å². The fraction of sp³-hybridized carbons (Fsp3) is 0.385. The van der Waals surface area contributed by atoms with Crippen LogP contribution in [0.1, 0.15) is 35.8 Å². The molecular formula is C13H14N2O2. The molecule has 1 aromatic heterocycles. The Balaban J connectivity index is 2.54. The standard InChI is InChI=1S/C13H14N2O2/c1-9(2)10-6-11(12(16)17-3)15(7-10)13(8-14)4-5-13/h6-7H,1,4-5H2,2-3H3. The molecule has 1 aliphatic carbocycles. The second-order valence-electron chi connectivity index (χ2n) is 4.40. The fourth-order valence-corrected chi connectivity index (χ4v) is 1.84. The zero-order chi connectivity index (χ0) is 12.6. The summed E-state index contributed by atoms with van der Waals surface area (Å²) in [6.45, 7) is 5.71. The maximum atomic E-state index is 11.7. The number of aromatic nitrogens is 1. The second kappa shape index (κ2) is 3.77. The molecule has 0 unspecified atom stereocenters. The predicted molar refractivity (Wildman–Crippen MR) is 63.3 cm³/mol. The van der Waals surface area contributed by atoms with E-state index in [9.17, 15) is 10.1 Å². The molecule has 0 spiro atoms. The maximum Gasteiger partial charge on any atom is 0.354 e. The molecule has 0 atom stereocenters. The van der Waals surface area contributed by atoms with E-state index in [1.165, 1.54) is 7.11 Å². The van der Waals surface area contributed by atoms with Gasteiger partial charge in [-0.25, -0.2) is 4.79 Å². The molecule has 0 saturated heterocycles. The third-order valence-electron chi connectivity index (χ3n) is 3.10. The minimum Gasteiger partial charge on any atom is -0.464 e. The van der Waals surface area contributed by atoms with E-state index in [2.05, 4.69) is 12.6 Å². The van der Waals surface area contributed by atoms with Crippen molar-refractivity contribution in [2.24, 2.45) is 0 Å². The van der Waals surface area contributed by atoms with Crippen molar-refractivity contribution < 1.29 is 9.53 Å². The molecule has 4 nitrogen and oxygen atoms in total. The number of carbonyl (C=O) groups is 1. The van der Waals surface area contributed by atoms with Gasteiger partial charge in [0.25, 0.3) is 0 Å². The first kappa shape index (κ1) is 11.5. The highest BCUT2D eigenvalue weighted by Gasteiger charge is 2.47. The molecule has 4 heteroatoms. The number of hydrogen-bond donors (Lipinski definition) is 0. The summed E-state index contributed by atoms with van der Waals surface area (Å²) in [7, 11) is 1.34. The van der Waals surface area contributed by atoms with Crippen molar-refractivity contribution in [1.82, 2.24) is 4.57 Å². The Hall–Kier alpha value is -2.02. The lowest BCUT2D eigenvalue weighted by Gasteiger charge is -2.11. The average molecular weight is 230 g/mol. The van der Waals surface area contributed by atoms with E-state index < -0.39 is 11.5 Å². The van der Waals surface area contributed by atoms with Crippen molar-refractivity contribution in [1.29, 1.82) is 5.26 Å². The summed E-state index contributed by atoms with van der Waals surface area (Å²) in [6.07, 6.45) is 3.36. The minimum absolute atomic E-state index is 0.418. The van der Waals surface area contributed by atoms with Gasteiger partial charge in [-0.1, -0.05) is 6.58 Å². The molecule has 0 N–H and O–H groups in total. The molecule has 1 aromatic rings.